The molecule has 0 aliphatic heterocycles. The number of aliphatic imine (C=N–C) groups is 1. The fourth-order valence-electron chi connectivity index (χ4n) is 1.97. The summed E-state index contributed by atoms with van der Waals surface area (Å²) >= 11 is 0. The Morgan fingerprint density at radius 1 is 1.23 bits per heavy atom. The topological polar surface area (TPSA) is 54.9 Å². The summed E-state index contributed by atoms with van der Waals surface area (Å²) in [5.41, 5.74) is 2.30. The molecule has 0 aliphatic rings. The summed E-state index contributed by atoms with van der Waals surface area (Å²) in [5.74, 6) is 1.74. The Morgan fingerprint density at radius 3 is 2.59 bits per heavy atom. The van der Waals surface area contributed by atoms with E-state index in [1.54, 1.807) is 14.2 Å². The lowest BCUT2D eigenvalue weighted by Crippen LogP contribution is -2.38. The molecule has 5 nitrogen and oxygen atoms in total. The highest BCUT2D eigenvalue weighted by molar-refractivity contribution is 14.0. The molecule has 0 unspecified atom stereocenters. The van der Waals surface area contributed by atoms with Crippen LogP contribution in [0.25, 0.3) is 0 Å². The van der Waals surface area contributed by atoms with Gasteiger partial charge in [-0.1, -0.05) is 12.1 Å². The summed E-state index contributed by atoms with van der Waals surface area (Å²) in [6.07, 6.45) is 0.961. The summed E-state index contributed by atoms with van der Waals surface area (Å²) in [5, 5.41) is 6.54. The van der Waals surface area contributed by atoms with Crippen LogP contribution in [0.2, 0.25) is 0 Å². The summed E-state index contributed by atoms with van der Waals surface area (Å²) in [6, 6.07) is 6.14. The predicted octanol–water partition coefficient (Wildman–Crippen LogP) is 2.71. The maximum absolute atomic E-state index is 5.27. The Morgan fingerprint density at radius 2 is 2.00 bits per heavy atom. The zero-order valence-electron chi connectivity index (χ0n) is 13.9. The second kappa shape index (κ2) is 12.5. The van der Waals surface area contributed by atoms with Gasteiger partial charge in [-0.05, 0) is 37.5 Å². The van der Waals surface area contributed by atoms with E-state index in [0.717, 1.165) is 43.4 Å². The van der Waals surface area contributed by atoms with Gasteiger partial charge in [-0.15, -0.1) is 24.0 Å². The quantitative estimate of drug-likeness (QED) is 0.293. The summed E-state index contributed by atoms with van der Waals surface area (Å²) in [6.45, 7) is 7.19. The van der Waals surface area contributed by atoms with Gasteiger partial charge in [0.05, 0.1) is 13.7 Å². The van der Waals surface area contributed by atoms with Crippen LogP contribution < -0.4 is 15.4 Å². The molecule has 0 aromatic heterocycles. The highest BCUT2D eigenvalue weighted by Crippen LogP contribution is 2.18. The molecule has 1 rings (SSSR count). The van der Waals surface area contributed by atoms with Crippen molar-refractivity contribution in [2.24, 2.45) is 4.99 Å². The Balaban J connectivity index is 0.00000441. The normalized spacial score (nSPS) is 10.8. The summed E-state index contributed by atoms with van der Waals surface area (Å²) in [7, 11) is 3.40. The molecule has 6 heteroatoms. The molecule has 0 aliphatic carbocycles. The molecular weight excluding hydrogens is 393 g/mol. The molecule has 1 aromatic carbocycles. The Labute approximate surface area is 150 Å². The van der Waals surface area contributed by atoms with Gasteiger partial charge in [0.25, 0.3) is 0 Å². The zero-order valence-corrected chi connectivity index (χ0v) is 16.3. The fourth-order valence-corrected chi connectivity index (χ4v) is 1.97. The first-order valence-corrected chi connectivity index (χ1v) is 7.35. The minimum absolute atomic E-state index is 0. The zero-order chi connectivity index (χ0) is 15.5. The van der Waals surface area contributed by atoms with Crippen LogP contribution in [0.4, 0.5) is 0 Å². The van der Waals surface area contributed by atoms with Crippen LogP contribution >= 0.6 is 24.0 Å². The van der Waals surface area contributed by atoms with E-state index < -0.39 is 0 Å². The van der Waals surface area contributed by atoms with Crippen LogP contribution in [0.3, 0.4) is 0 Å². The molecule has 0 saturated heterocycles. The van der Waals surface area contributed by atoms with Crippen LogP contribution in [-0.2, 0) is 11.3 Å². The van der Waals surface area contributed by atoms with Crippen molar-refractivity contribution in [2.75, 3.05) is 33.9 Å². The molecule has 0 spiro atoms. The van der Waals surface area contributed by atoms with Gasteiger partial charge in [-0.3, -0.25) is 0 Å². The number of rotatable bonds is 8. The van der Waals surface area contributed by atoms with E-state index >= 15 is 0 Å². The molecular formula is C16H28IN3O2. The number of ether oxygens (including phenoxy) is 2. The number of halogens is 1. The van der Waals surface area contributed by atoms with Gasteiger partial charge in [0.15, 0.2) is 5.96 Å². The number of nitrogens with zero attached hydrogens (tertiary/aromatic N) is 1. The average molecular weight is 421 g/mol. The van der Waals surface area contributed by atoms with Crippen LogP contribution in [-0.4, -0.2) is 39.9 Å². The van der Waals surface area contributed by atoms with Crippen molar-refractivity contribution in [3.8, 4) is 5.75 Å². The van der Waals surface area contributed by atoms with E-state index in [0.29, 0.717) is 6.54 Å². The lowest BCUT2D eigenvalue weighted by atomic mass is 10.1. The van der Waals surface area contributed by atoms with Crippen molar-refractivity contribution >= 4 is 29.9 Å². The number of hydrogen-bond donors (Lipinski definition) is 2. The van der Waals surface area contributed by atoms with Crippen molar-refractivity contribution in [3.63, 3.8) is 0 Å². The molecule has 126 valence electrons. The summed E-state index contributed by atoms with van der Waals surface area (Å²) in [4.78, 5) is 4.59. The van der Waals surface area contributed by atoms with Gasteiger partial charge in [0.2, 0.25) is 0 Å². The molecule has 1 aromatic rings. The van der Waals surface area contributed by atoms with Crippen LogP contribution in [0.1, 0.15) is 24.5 Å². The fraction of sp³-hybridized carbons (Fsp3) is 0.562. The minimum atomic E-state index is 0. The van der Waals surface area contributed by atoms with Gasteiger partial charge in [0, 0.05) is 26.8 Å². The van der Waals surface area contributed by atoms with Crippen molar-refractivity contribution < 1.29 is 9.47 Å². The number of benzene rings is 1. The number of aryl methyl sites for hydroxylation is 1. The molecule has 0 atom stereocenters. The lowest BCUT2D eigenvalue weighted by molar-refractivity contribution is 0.195. The van der Waals surface area contributed by atoms with Crippen LogP contribution in [0.15, 0.2) is 23.2 Å². The van der Waals surface area contributed by atoms with E-state index in [2.05, 4.69) is 28.6 Å². The highest BCUT2D eigenvalue weighted by Gasteiger charge is 2.01. The molecule has 0 saturated carbocycles. The third-order valence-corrected chi connectivity index (χ3v) is 3.04. The van der Waals surface area contributed by atoms with E-state index in [1.165, 1.54) is 5.56 Å². The van der Waals surface area contributed by atoms with Crippen molar-refractivity contribution in [3.05, 3.63) is 29.3 Å². The molecule has 0 fully saturated rings. The van der Waals surface area contributed by atoms with E-state index in [-0.39, 0.29) is 24.0 Å². The molecule has 0 radical (unpaired) electrons. The number of hydrogen-bond acceptors (Lipinski definition) is 3. The van der Waals surface area contributed by atoms with Crippen LogP contribution in [0, 0.1) is 6.92 Å². The summed E-state index contributed by atoms with van der Waals surface area (Å²) < 4.78 is 10.3. The SMILES string of the molecule is CCNC(=NCc1ccc(OC)c(C)c1)NCCCOC.I. The second-order valence-corrected chi connectivity index (χ2v) is 4.77. The Bertz CT molecular complexity index is 453. The molecule has 0 bridgehead atoms. The lowest BCUT2D eigenvalue weighted by Gasteiger charge is -2.11. The van der Waals surface area contributed by atoms with E-state index in [9.17, 15) is 0 Å². The largest absolute Gasteiger partial charge is 0.496 e. The van der Waals surface area contributed by atoms with E-state index in [1.807, 2.05) is 19.1 Å². The first-order valence-electron chi connectivity index (χ1n) is 7.35. The van der Waals surface area contributed by atoms with Crippen molar-refractivity contribution in [1.29, 1.82) is 0 Å². The first-order chi connectivity index (χ1) is 10.2. The van der Waals surface area contributed by atoms with Gasteiger partial charge >= 0.3 is 0 Å². The Kier molecular flexibility index (Phi) is 11.9. The average Bonchev–Trinajstić information content (AvgIpc) is 2.49. The van der Waals surface area contributed by atoms with Crippen LogP contribution in [0.5, 0.6) is 5.75 Å². The number of methoxy groups -OCH3 is 2. The third kappa shape index (κ3) is 7.84. The third-order valence-electron chi connectivity index (χ3n) is 3.04. The molecule has 0 amide bonds. The molecule has 0 heterocycles. The minimum Gasteiger partial charge on any atom is -0.496 e. The molecule has 22 heavy (non-hydrogen) atoms. The smallest absolute Gasteiger partial charge is 0.191 e. The van der Waals surface area contributed by atoms with Crippen molar-refractivity contribution in [1.82, 2.24) is 10.6 Å². The monoisotopic (exact) mass is 421 g/mol. The first kappa shape index (κ1) is 21.0. The maximum atomic E-state index is 5.27. The predicted molar refractivity (Wildman–Crippen MR) is 102 cm³/mol. The number of nitrogens with one attached hydrogen (secondary N) is 2. The maximum Gasteiger partial charge on any atom is 0.191 e. The Hall–Kier alpha value is -1.02. The highest BCUT2D eigenvalue weighted by atomic mass is 127. The second-order valence-electron chi connectivity index (χ2n) is 4.77. The van der Waals surface area contributed by atoms with E-state index in [4.69, 9.17) is 9.47 Å². The van der Waals surface area contributed by atoms with Gasteiger partial charge in [-0.2, -0.15) is 0 Å². The number of guanidine groups is 1. The standard InChI is InChI=1S/C16H27N3O2.HI/c1-5-17-16(18-9-6-10-20-3)19-12-14-7-8-15(21-4)13(2)11-14;/h7-8,11H,5-6,9-10,12H2,1-4H3,(H2,17,18,19);1H. The van der Waals surface area contributed by atoms with Gasteiger partial charge in [-0.25, -0.2) is 4.99 Å². The molecule has 2 N–H and O–H groups in total. The van der Waals surface area contributed by atoms with Gasteiger partial charge in [0.1, 0.15) is 5.75 Å². The van der Waals surface area contributed by atoms with Crippen molar-refractivity contribution in [2.45, 2.75) is 26.8 Å². The van der Waals surface area contributed by atoms with Gasteiger partial charge < -0.3 is 20.1 Å².